The smallest absolute Gasteiger partial charge is 0.254 e. The lowest BCUT2D eigenvalue weighted by Gasteiger charge is -2.37. The van der Waals surface area contributed by atoms with E-state index in [1.54, 1.807) is 24.0 Å². The maximum Gasteiger partial charge on any atom is 0.254 e. The third kappa shape index (κ3) is 3.06. The van der Waals surface area contributed by atoms with E-state index in [1.807, 2.05) is 6.07 Å². The van der Waals surface area contributed by atoms with Crippen LogP contribution in [-0.2, 0) is 4.79 Å². The number of nitrogens with one attached hydrogen (secondary N) is 1. The lowest BCUT2D eigenvalue weighted by atomic mass is 9.94. The summed E-state index contributed by atoms with van der Waals surface area (Å²) >= 11 is 1.48. The molecule has 0 aromatic heterocycles. The fourth-order valence-electron chi connectivity index (χ4n) is 2.79. The largest absolute Gasteiger partial charge is 0.388 e. The van der Waals surface area contributed by atoms with Gasteiger partial charge in [0.2, 0.25) is 5.91 Å². The maximum absolute atomic E-state index is 12.6. The molecule has 2 N–H and O–H groups in total. The van der Waals surface area contributed by atoms with Gasteiger partial charge in [-0.2, -0.15) is 0 Å². The van der Waals surface area contributed by atoms with Crippen LogP contribution in [-0.4, -0.2) is 46.3 Å². The van der Waals surface area contributed by atoms with Gasteiger partial charge in [-0.3, -0.25) is 9.59 Å². The van der Waals surface area contributed by atoms with Crippen molar-refractivity contribution < 1.29 is 14.7 Å². The minimum absolute atomic E-state index is 0.0435. The Morgan fingerprint density at radius 3 is 3.05 bits per heavy atom. The number of anilines is 1. The Morgan fingerprint density at radius 2 is 2.29 bits per heavy atom. The van der Waals surface area contributed by atoms with Gasteiger partial charge in [-0.05, 0) is 38.0 Å². The van der Waals surface area contributed by atoms with Crippen LogP contribution in [0.3, 0.4) is 0 Å². The van der Waals surface area contributed by atoms with E-state index >= 15 is 0 Å². The molecule has 21 heavy (non-hydrogen) atoms. The fraction of sp³-hybridized carbons (Fsp3) is 0.467. The predicted octanol–water partition coefficient (Wildman–Crippen LogP) is 1.72. The van der Waals surface area contributed by atoms with E-state index in [9.17, 15) is 14.7 Å². The van der Waals surface area contributed by atoms with Crippen molar-refractivity contribution in [2.75, 3.05) is 24.2 Å². The topological polar surface area (TPSA) is 69.6 Å². The average Bonchev–Trinajstić information content (AvgIpc) is 2.44. The van der Waals surface area contributed by atoms with Crippen molar-refractivity contribution >= 4 is 29.3 Å². The predicted molar refractivity (Wildman–Crippen MR) is 81.6 cm³/mol. The van der Waals surface area contributed by atoms with Crippen LogP contribution in [0.4, 0.5) is 5.69 Å². The molecule has 0 spiro atoms. The van der Waals surface area contributed by atoms with Crippen LogP contribution in [0.5, 0.6) is 0 Å². The van der Waals surface area contributed by atoms with E-state index in [1.165, 1.54) is 11.8 Å². The van der Waals surface area contributed by atoms with Crippen molar-refractivity contribution in [2.24, 2.45) is 0 Å². The zero-order valence-electron chi connectivity index (χ0n) is 11.9. The first-order valence-corrected chi connectivity index (χ1v) is 8.02. The Morgan fingerprint density at radius 1 is 1.48 bits per heavy atom. The molecule has 2 aliphatic rings. The van der Waals surface area contributed by atoms with Crippen molar-refractivity contribution in [3.63, 3.8) is 0 Å². The van der Waals surface area contributed by atoms with Gasteiger partial charge in [-0.25, -0.2) is 0 Å². The molecule has 112 valence electrons. The van der Waals surface area contributed by atoms with Crippen molar-refractivity contribution in [1.29, 1.82) is 0 Å². The molecule has 6 heteroatoms. The summed E-state index contributed by atoms with van der Waals surface area (Å²) < 4.78 is 0. The summed E-state index contributed by atoms with van der Waals surface area (Å²) in [4.78, 5) is 26.7. The summed E-state index contributed by atoms with van der Waals surface area (Å²) in [6.45, 7) is 2.77. The Hall–Kier alpha value is -1.53. The van der Waals surface area contributed by atoms with Crippen LogP contribution in [0, 0.1) is 0 Å². The second-order valence-corrected chi connectivity index (χ2v) is 6.89. The number of β-amino-alcohol motifs (C(OH)–C–C–N with tert-alkyl or cyclic N) is 1. The van der Waals surface area contributed by atoms with Gasteiger partial charge in [0.05, 0.1) is 17.0 Å². The molecule has 1 aromatic rings. The molecule has 2 aliphatic heterocycles. The lowest BCUT2D eigenvalue weighted by Crippen LogP contribution is -2.48. The Labute approximate surface area is 127 Å². The molecule has 1 unspecified atom stereocenters. The molecular formula is C15H18N2O3S. The van der Waals surface area contributed by atoms with E-state index in [0.717, 1.165) is 11.3 Å². The van der Waals surface area contributed by atoms with Gasteiger partial charge in [0.15, 0.2) is 0 Å². The molecule has 0 aliphatic carbocycles. The van der Waals surface area contributed by atoms with Gasteiger partial charge < -0.3 is 15.3 Å². The number of nitrogens with zero attached hydrogens (tertiary/aromatic N) is 1. The van der Waals surface area contributed by atoms with Crippen LogP contribution in [0.25, 0.3) is 0 Å². The van der Waals surface area contributed by atoms with Crippen molar-refractivity contribution in [3.8, 4) is 0 Å². The Bertz CT molecular complexity index is 601. The highest BCUT2D eigenvalue weighted by Crippen LogP contribution is 2.32. The highest BCUT2D eigenvalue weighted by Gasteiger charge is 2.31. The van der Waals surface area contributed by atoms with Gasteiger partial charge in [0.1, 0.15) is 0 Å². The Kier molecular flexibility index (Phi) is 3.67. The summed E-state index contributed by atoms with van der Waals surface area (Å²) in [7, 11) is 0. The number of likely N-dealkylation sites (tertiary alicyclic amines) is 1. The van der Waals surface area contributed by atoms with E-state index in [4.69, 9.17) is 0 Å². The maximum atomic E-state index is 12.6. The average molecular weight is 306 g/mol. The number of hydrogen-bond donors (Lipinski definition) is 2. The zero-order chi connectivity index (χ0) is 15.0. The number of thioether (sulfide) groups is 1. The number of carbonyl (C=O) groups is 2. The number of fused-ring (bicyclic) bond motifs is 1. The van der Waals surface area contributed by atoms with Crippen LogP contribution in [0.15, 0.2) is 23.1 Å². The van der Waals surface area contributed by atoms with E-state index < -0.39 is 5.60 Å². The Balaban J connectivity index is 1.82. The monoisotopic (exact) mass is 306 g/mol. The third-order valence-corrected chi connectivity index (χ3v) is 4.89. The molecule has 1 atom stereocenters. The summed E-state index contributed by atoms with van der Waals surface area (Å²) in [6, 6.07) is 5.38. The quantitative estimate of drug-likeness (QED) is 0.829. The summed E-state index contributed by atoms with van der Waals surface area (Å²) in [5, 5.41) is 12.9. The number of carbonyl (C=O) groups excluding carboxylic acids is 2. The second-order valence-electron chi connectivity index (χ2n) is 5.87. The number of benzene rings is 1. The van der Waals surface area contributed by atoms with Crippen molar-refractivity contribution in [3.05, 3.63) is 23.8 Å². The SMILES string of the molecule is CC1(O)CCCN(C(=O)c2ccc3c(c2)NC(=O)CS3)C1. The van der Waals surface area contributed by atoms with Crippen molar-refractivity contribution in [2.45, 2.75) is 30.3 Å². The summed E-state index contributed by atoms with van der Waals surface area (Å²) in [5.74, 6) is 0.274. The van der Waals surface area contributed by atoms with E-state index in [2.05, 4.69) is 5.32 Å². The first-order chi connectivity index (χ1) is 9.94. The minimum atomic E-state index is -0.813. The van der Waals surface area contributed by atoms with E-state index in [-0.39, 0.29) is 11.8 Å². The van der Waals surface area contributed by atoms with Gasteiger partial charge in [-0.1, -0.05) is 0 Å². The summed E-state index contributed by atoms with van der Waals surface area (Å²) in [6.07, 6.45) is 1.52. The molecule has 2 heterocycles. The normalized spacial score (nSPS) is 25.2. The first-order valence-electron chi connectivity index (χ1n) is 7.03. The highest BCUT2D eigenvalue weighted by atomic mass is 32.2. The van der Waals surface area contributed by atoms with Gasteiger partial charge in [0.25, 0.3) is 5.91 Å². The number of hydrogen-bond acceptors (Lipinski definition) is 4. The molecule has 0 bridgehead atoms. The first kappa shape index (κ1) is 14.4. The molecule has 5 nitrogen and oxygen atoms in total. The van der Waals surface area contributed by atoms with E-state index in [0.29, 0.717) is 36.5 Å². The van der Waals surface area contributed by atoms with Crippen LogP contribution in [0.2, 0.25) is 0 Å². The second kappa shape index (κ2) is 5.35. The standard InChI is InChI=1S/C15H18N2O3S/c1-15(20)5-2-6-17(9-15)14(19)10-3-4-12-11(7-10)16-13(18)8-21-12/h3-4,7,20H,2,5-6,8-9H2,1H3,(H,16,18). The molecule has 3 rings (SSSR count). The van der Waals surface area contributed by atoms with Crippen molar-refractivity contribution in [1.82, 2.24) is 4.90 Å². The number of aliphatic hydroxyl groups is 1. The molecule has 1 saturated heterocycles. The van der Waals surface area contributed by atoms with Crippen LogP contribution in [0.1, 0.15) is 30.1 Å². The number of rotatable bonds is 1. The third-order valence-electron chi connectivity index (χ3n) is 3.82. The summed E-state index contributed by atoms with van der Waals surface area (Å²) in [5.41, 5.74) is 0.437. The molecule has 2 amide bonds. The molecule has 0 saturated carbocycles. The van der Waals surface area contributed by atoms with Gasteiger partial charge in [-0.15, -0.1) is 11.8 Å². The molecule has 0 radical (unpaired) electrons. The minimum Gasteiger partial charge on any atom is -0.388 e. The molecule has 1 aromatic carbocycles. The highest BCUT2D eigenvalue weighted by molar-refractivity contribution is 8.00. The van der Waals surface area contributed by atoms with Crippen LogP contribution < -0.4 is 5.32 Å². The fourth-order valence-corrected chi connectivity index (χ4v) is 3.58. The molecule has 1 fully saturated rings. The van der Waals surface area contributed by atoms with Gasteiger partial charge >= 0.3 is 0 Å². The lowest BCUT2D eigenvalue weighted by molar-refractivity contribution is -0.113. The van der Waals surface area contributed by atoms with Gasteiger partial charge in [0, 0.05) is 23.5 Å². The number of piperidine rings is 1. The van der Waals surface area contributed by atoms with Crippen LogP contribution >= 0.6 is 11.8 Å². The zero-order valence-corrected chi connectivity index (χ0v) is 12.7. The molecular weight excluding hydrogens is 288 g/mol. The number of amides is 2.